The molecule has 88 valence electrons. The summed E-state index contributed by atoms with van der Waals surface area (Å²) in [6, 6.07) is 0. The molecule has 2 atom stereocenters. The maximum absolute atomic E-state index is 11.4. The Labute approximate surface area is 88.1 Å². The Hall–Kier alpha value is -1.14. The summed E-state index contributed by atoms with van der Waals surface area (Å²) in [6.07, 6.45) is -2.95. The van der Waals surface area contributed by atoms with E-state index in [1.54, 1.807) is 13.8 Å². The Kier molecular flexibility index (Phi) is 5.88. The Balaban J connectivity index is 4.58. The van der Waals surface area contributed by atoms with Gasteiger partial charge in [-0.1, -0.05) is 0 Å². The van der Waals surface area contributed by atoms with Crippen molar-refractivity contribution in [3.05, 3.63) is 0 Å². The highest BCUT2D eigenvalue weighted by Gasteiger charge is 2.35. The van der Waals surface area contributed by atoms with E-state index in [2.05, 4.69) is 4.74 Å². The lowest BCUT2D eigenvalue weighted by atomic mass is 10.2. The Morgan fingerprint density at radius 1 is 1.07 bits per heavy atom. The van der Waals surface area contributed by atoms with Crippen molar-refractivity contribution in [1.29, 1.82) is 0 Å². The Bertz CT molecular complexity index is 225. The summed E-state index contributed by atoms with van der Waals surface area (Å²) in [6.45, 7) is 3.32. The summed E-state index contributed by atoms with van der Waals surface area (Å²) in [5.41, 5.74) is 0. The van der Waals surface area contributed by atoms with E-state index in [0.29, 0.717) is 0 Å². The molecular formula is C9H16O6. The van der Waals surface area contributed by atoms with Crippen molar-refractivity contribution >= 4 is 11.9 Å². The van der Waals surface area contributed by atoms with Crippen LogP contribution in [-0.4, -0.2) is 49.6 Å². The van der Waals surface area contributed by atoms with Crippen LogP contribution in [0.5, 0.6) is 0 Å². The van der Waals surface area contributed by atoms with Crippen LogP contribution in [-0.2, 0) is 23.8 Å². The molecule has 0 aromatic rings. The fourth-order valence-corrected chi connectivity index (χ4v) is 0.997. The van der Waals surface area contributed by atoms with Gasteiger partial charge >= 0.3 is 11.9 Å². The van der Waals surface area contributed by atoms with E-state index >= 15 is 0 Å². The third kappa shape index (κ3) is 4.26. The minimum atomic E-state index is -1.36. The van der Waals surface area contributed by atoms with Crippen molar-refractivity contribution in [1.82, 2.24) is 0 Å². The van der Waals surface area contributed by atoms with Gasteiger partial charge in [0.15, 0.2) is 12.2 Å². The second kappa shape index (κ2) is 6.36. The second-order valence-corrected chi connectivity index (χ2v) is 3.14. The van der Waals surface area contributed by atoms with E-state index in [0.717, 1.165) is 0 Å². The molecule has 0 aromatic carbocycles. The largest absolute Gasteiger partial charge is 0.479 e. The van der Waals surface area contributed by atoms with Gasteiger partial charge in [-0.05, 0) is 13.8 Å². The molecular weight excluding hydrogens is 204 g/mol. The molecule has 2 unspecified atom stereocenters. The first-order chi connectivity index (χ1) is 6.93. The molecule has 0 saturated heterocycles. The van der Waals surface area contributed by atoms with Crippen molar-refractivity contribution in [2.75, 3.05) is 14.2 Å². The molecule has 0 fully saturated rings. The molecule has 15 heavy (non-hydrogen) atoms. The number of rotatable bonds is 6. The lowest BCUT2D eigenvalue weighted by molar-refractivity contribution is -0.177. The Morgan fingerprint density at radius 3 is 1.80 bits per heavy atom. The van der Waals surface area contributed by atoms with E-state index in [1.807, 2.05) is 0 Å². The number of carboxylic acids is 1. The molecule has 0 spiro atoms. The van der Waals surface area contributed by atoms with Crippen LogP contribution in [0.15, 0.2) is 0 Å². The predicted molar refractivity (Wildman–Crippen MR) is 50.5 cm³/mol. The standard InChI is InChI=1S/C9H16O6/c1-5(2)15-9(12)7(14-4)6(13-3)8(10)11/h5-7H,1-4H3,(H,10,11). The fraction of sp³-hybridized carbons (Fsp3) is 0.778. The van der Waals surface area contributed by atoms with E-state index in [4.69, 9.17) is 14.6 Å². The van der Waals surface area contributed by atoms with Crippen molar-refractivity contribution < 1.29 is 28.9 Å². The third-order valence-electron chi connectivity index (χ3n) is 1.61. The van der Waals surface area contributed by atoms with Crippen LogP contribution in [0.25, 0.3) is 0 Å². The number of carboxylic acid groups (broad SMARTS) is 1. The van der Waals surface area contributed by atoms with Gasteiger partial charge in [0.2, 0.25) is 0 Å². The zero-order chi connectivity index (χ0) is 12.0. The van der Waals surface area contributed by atoms with Crippen molar-refractivity contribution in [3.8, 4) is 0 Å². The molecule has 0 radical (unpaired) electrons. The van der Waals surface area contributed by atoms with Gasteiger partial charge in [0.05, 0.1) is 6.10 Å². The Morgan fingerprint density at radius 2 is 1.53 bits per heavy atom. The van der Waals surface area contributed by atoms with Crippen LogP contribution in [0.1, 0.15) is 13.8 Å². The molecule has 0 heterocycles. The van der Waals surface area contributed by atoms with E-state index in [9.17, 15) is 9.59 Å². The van der Waals surface area contributed by atoms with Gasteiger partial charge in [0, 0.05) is 14.2 Å². The molecule has 0 rings (SSSR count). The van der Waals surface area contributed by atoms with Crippen LogP contribution >= 0.6 is 0 Å². The average Bonchev–Trinajstić information content (AvgIpc) is 2.11. The normalized spacial score (nSPS) is 14.7. The van der Waals surface area contributed by atoms with Crippen molar-refractivity contribution in [2.45, 2.75) is 32.2 Å². The first-order valence-electron chi connectivity index (χ1n) is 4.42. The molecule has 6 heteroatoms. The van der Waals surface area contributed by atoms with Gasteiger partial charge in [-0.3, -0.25) is 0 Å². The zero-order valence-corrected chi connectivity index (χ0v) is 9.22. The maximum atomic E-state index is 11.4. The predicted octanol–water partition coefficient (Wildman–Crippen LogP) is 0.0526. The first-order valence-corrected chi connectivity index (χ1v) is 4.42. The minimum Gasteiger partial charge on any atom is -0.479 e. The molecule has 0 saturated carbocycles. The van der Waals surface area contributed by atoms with Crippen LogP contribution < -0.4 is 0 Å². The highest BCUT2D eigenvalue weighted by atomic mass is 16.6. The minimum absolute atomic E-state index is 0.332. The first kappa shape index (κ1) is 13.9. The monoisotopic (exact) mass is 220 g/mol. The van der Waals surface area contributed by atoms with Crippen LogP contribution in [0.3, 0.4) is 0 Å². The quantitative estimate of drug-likeness (QED) is 0.637. The topological polar surface area (TPSA) is 82.1 Å². The van der Waals surface area contributed by atoms with Crippen LogP contribution in [0, 0.1) is 0 Å². The maximum Gasteiger partial charge on any atom is 0.338 e. The van der Waals surface area contributed by atoms with Gasteiger partial charge in [0.25, 0.3) is 0 Å². The van der Waals surface area contributed by atoms with Crippen LogP contribution in [0.2, 0.25) is 0 Å². The molecule has 0 amide bonds. The van der Waals surface area contributed by atoms with Gasteiger partial charge in [-0.15, -0.1) is 0 Å². The lowest BCUT2D eigenvalue weighted by Gasteiger charge is -2.20. The molecule has 6 nitrogen and oxygen atoms in total. The summed E-state index contributed by atoms with van der Waals surface area (Å²) >= 11 is 0. The van der Waals surface area contributed by atoms with Gasteiger partial charge in [0.1, 0.15) is 0 Å². The number of aliphatic carboxylic acids is 1. The number of methoxy groups -OCH3 is 2. The van der Waals surface area contributed by atoms with Gasteiger partial charge in [-0.2, -0.15) is 0 Å². The number of carbonyl (C=O) groups is 2. The van der Waals surface area contributed by atoms with Crippen molar-refractivity contribution in [2.24, 2.45) is 0 Å². The number of hydrogen-bond donors (Lipinski definition) is 1. The van der Waals surface area contributed by atoms with Crippen molar-refractivity contribution in [3.63, 3.8) is 0 Å². The smallest absolute Gasteiger partial charge is 0.338 e. The molecule has 0 aliphatic carbocycles. The molecule has 0 aliphatic rings. The summed E-state index contributed by atoms with van der Waals surface area (Å²) in [5.74, 6) is -2.02. The van der Waals surface area contributed by atoms with Gasteiger partial charge in [-0.25, -0.2) is 9.59 Å². The SMILES string of the molecule is COC(C(=O)O)C(OC)C(=O)OC(C)C. The van der Waals surface area contributed by atoms with E-state index in [1.165, 1.54) is 14.2 Å². The number of hydrogen-bond acceptors (Lipinski definition) is 5. The average molecular weight is 220 g/mol. The summed E-state index contributed by atoms with van der Waals surface area (Å²) in [5, 5.41) is 8.75. The number of esters is 1. The highest BCUT2D eigenvalue weighted by Crippen LogP contribution is 2.07. The molecule has 0 aromatic heterocycles. The summed E-state index contributed by atoms with van der Waals surface area (Å²) in [4.78, 5) is 22.1. The third-order valence-corrected chi connectivity index (χ3v) is 1.61. The highest BCUT2D eigenvalue weighted by molar-refractivity contribution is 5.84. The van der Waals surface area contributed by atoms with Crippen LogP contribution in [0.4, 0.5) is 0 Å². The summed E-state index contributed by atoms with van der Waals surface area (Å²) < 4.78 is 14.2. The second-order valence-electron chi connectivity index (χ2n) is 3.14. The molecule has 0 aliphatic heterocycles. The van der Waals surface area contributed by atoms with E-state index in [-0.39, 0.29) is 6.10 Å². The number of carbonyl (C=O) groups excluding carboxylic acids is 1. The number of ether oxygens (including phenoxy) is 3. The fourth-order valence-electron chi connectivity index (χ4n) is 0.997. The van der Waals surface area contributed by atoms with Gasteiger partial charge < -0.3 is 19.3 Å². The lowest BCUT2D eigenvalue weighted by Crippen LogP contribution is -2.44. The van der Waals surface area contributed by atoms with E-state index < -0.39 is 24.1 Å². The molecule has 1 N–H and O–H groups in total. The molecule has 0 bridgehead atoms. The summed E-state index contributed by atoms with van der Waals surface area (Å²) in [7, 11) is 2.41. The zero-order valence-electron chi connectivity index (χ0n) is 9.22.